The minimum atomic E-state index is -0.420. The van der Waals surface area contributed by atoms with Crippen LogP contribution in [0.4, 0.5) is 17.1 Å². The molecule has 242 valence electrons. The summed E-state index contributed by atoms with van der Waals surface area (Å²) in [5.74, 6) is 0.863. The monoisotopic (exact) mass is 670 g/mol. The van der Waals surface area contributed by atoms with Crippen molar-refractivity contribution in [3.63, 3.8) is 0 Å². The summed E-state index contributed by atoms with van der Waals surface area (Å²) in [5, 5.41) is 15.4. The highest BCUT2D eigenvalue weighted by atomic mass is 35.5. The fraction of sp³-hybridized carbons (Fsp3) is 0.306. The molecule has 4 aromatic rings. The van der Waals surface area contributed by atoms with Crippen LogP contribution >= 0.6 is 23.2 Å². The number of halogens is 2. The van der Waals surface area contributed by atoms with E-state index in [4.69, 9.17) is 38.4 Å². The zero-order valence-corrected chi connectivity index (χ0v) is 27.7. The van der Waals surface area contributed by atoms with Crippen LogP contribution < -0.4 is 25.4 Å². The zero-order valence-electron chi connectivity index (χ0n) is 26.1. The first-order valence-corrected chi connectivity index (χ1v) is 16.4. The molecule has 3 N–H and O–H groups in total. The van der Waals surface area contributed by atoms with Gasteiger partial charge in [0, 0.05) is 66.2 Å². The van der Waals surface area contributed by atoms with Gasteiger partial charge in [-0.2, -0.15) is 5.26 Å². The van der Waals surface area contributed by atoms with Gasteiger partial charge in [-0.3, -0.25) is 9.78 Å². The van der Waals surface area contributed by atoms with Crippen molar-refractivity contribution >= 4 is 57.1 Å². The van der Waals surface area contributed by atoms with Gasteiger partial charge < -0.3 is 30.3 Å². The Morgan fingerprint density at radius 2 is 1.83 bits per heavy atom. The van der Waals surface area contributed by atoms with E-state index in [-0.39, 0.29) is 12.7 Å². The Morgan fingerprint density at radius 3 is 2.53 bits per heavy atom. The number of benzene rings is 3. The summed E-state index contributed by atoms with van der Waals surface area (Å²) in [5.41, 5.74) is 10.7. The SMILES string of the molecule is CN1CCC(Oc2cc3ncc(C#N)c(Nc4ccc(OCc5ccccc5Cl)c(Cl)c4)c3cc2N2CCC(=CC(N)=O)CC2)CC1. The Labute approximate surface area is 284 Å². The molecule has 11 heteroatoms. The van der Waals surface area contributed by atoms with Gasteiger partial charge in [0.25, 0.3) is 0 Å². The number of nitrogens with one attached hydrogen (secondary N) is 1. The summed E-state index contributed by atoms with van der Waals surface area (Å²) >= 11 is 12.9. The van der Waals surface area contributed by atoms with Gasteiger partial charge in [0.2, 0.25) is 5.91 Å². The standard InChI is InChI=1S/C36H36Cl2N6O3/c1-43-12-10-27(11-13-43)47-34-19-31-28(18-32(34)44-14-8-23(9-15-44)16-35(40)45)36(25(20-39)21-41-31)42-26-6-7-33(30(38)17-26)46-22-24-4-2-3-5-29(24)37/h2-7,16-19,21,27H,8-15,22H2,1H3,(H2,40,45)(H,41,42). The minimum Gasteiger partial charge on any atom is -0.488 e. The first-order chi connectivity index (χ1) is 22.8. The van der Waals surface area contributed by atoms with Gasteiger partial charge in [0.15, 0.2) is 0 Å². The highest BCUT2D eigenvalue weighted by Gasteiger charge is 2.25. The highest BCUT2D eigenvalue weighted by Crippen LogP contribution is 2.41. The molecule has 9 nitrogen and oxygen atoms in total. The Bertz CT molecular complexity index is 1860. The molecule has 2 fully saturated rings. The number of likely N-dealkylation sites (tertiary alicyclic amines) is 1. The maximum Gasteiger partial charge on any atom is 0.241 e. The van der Waals surface area contributed by atoms with E-state index in [9.17, 15) is 10.1 Å². The van der Waals surface area contributed by atoms with Crippen LogP contribution in [0.15, 0.2) is 72.4 Å². The quantitative estimate of drug-likeness (QED) is 0.179. The van der Waals surface area contributed by atoms with E-state index in [1.54, 1.807) is 18.3 Å². The predicted octanol–water partition coefficient (Wildman–Crippen LogP) is 7.22. The van der Waals surface area contributed by atoms with Crippen molar-refractivity contribution in [2.24, 2.45) is 5.73 Å². The summed E-state index contributed by atoms with van der Waals surface area (Å²) in [6.45, 7) is 3.63. The average molecular weight is 672 g/mol. The maximum absolute atomic E-state index is 11.5. The molecule has 2 saturated heterocycles. The lowest BCUT2D eigenvalue weighted by atomic mass is 10.0. The topological polar surface area (TPSA) is 117 Å². The molecule has 0 spiro atoms. The van der Waals surface area contributed by atoms with Crippen molar-refractivity contribution in [3.8, 4) is 17.6 Å². The molecule has 0 atom stereocenters. The summed E-state index contributed by atoms with van der Waals surface area (Å²) in [7, 11) is 2.13. The molecule has 47 heavy (non-hydrogen) atoms. The Hall–Kier alpha value is -4.49. The molecule has 0 aliphatic carbocycles. The Kier molecular flexibility index (Phi) is 10.0. The number of nitrogens with two attached hydrogens (primary N) is 1. The summed E-state index contributed by atoms with van der Waals surface area (Å²) in [6.07, 6.45) is 6.52. The van der Waals surface area contributed by atoms with Gasteiger partial charge in [-0.15, -0.1) is 0 Å². The number of ether oxygens (including phenoxy) is 2. The fourth-order valence-corrected chi connectivity index (χ4v) is 6.47. The van der Waals surface area contributed by atoms with Gasteiger partial charge >= 0.3 is 0 Å². The van der Waals surface area contributed by atoms with Crippen LogP contribution in [-0.2, 0) is 11.4 Å². The molecule has 2 aliphatic heterocycles. The number of nitriles is 1. The number of hydrogen-bond donors (Lipinski definition) is 2. The molecule has 3 aromatic carbocycles. The number of nitrogens with zero attached hydrogens (tertiary/aromatic N) is 4. The lowest BCUT2D eigenvalue weighted by molar-refractivity contribution is -0.113. The zero-order chi connectivity index (χ0) is 32.9. The molecule has 1 aromatic heterocycles. The Morgan fingerprint density at radius 1 is 1.06 bits per heavy atom. The lowest BCUT2D eigenvalue weighted by Gasteiger charge is -2.34. The molecule has 0 unspecified atom stereocenters. The molecule has 1 amide bonds. The van der Waals surface area contributed by atoms with Gasteiger partial charge in [0.1, 0.15) is 30.3 Å². The van der Waals surface area contributed by atoms with Crippen molar-refractivity contribution in [1.29, 1.82) is 5.26 Å². The molecule has 2 aliphatic rings. The first kappa shape index (κ1) is 32.5. The average Bonchev–Trinajstić information content (AvgIpc) is 3.06. The van der Waals surface area contributed by atoms with Crippen LogP contribution in [0, 0.1) is 11.3 Å². The Balaban J connectivity index is 1.32. The van der Waals surface area contributed by atoms with Crippen molar-refractivity contribution in [2.45, 2.75) is 38.4 Å². The van der Waals surface area contributed by atoms with Crippen molar-refractivity contribution in [1.82, 2.24) is 9.88 Å². The second kappa shape index (κ2) is 14.5. The smallest absolute Gasteiger partial charge is 0.241 e. The van der Waals surface area contributed by atoms with Crippen LogP contribution in [0.1, 0.15) is 36.8 Å². The van der Waals surface area contributed by atoms with E-state index < -0.39 is 5.91 Å². The number of hydrogen-bond acceptors (Lipinski definition) is 8. The number of carbonyl (C=O) groups excluding carboxylic acids is 1. The second-order valence-electron chi connectivity index (χ2n) is 12.0. The second-order valence-corrected chi connectivity index (χ2v) is 12.8. The molecule has 6 rings (SSSR count). The summed E-state index contributed by atoms with van der Waals surface area (Å²) < 4.78 is 12.6. The van der Waals surface area contributed by atoms with E-state index in [0.717, 1.165) is 66.7 Å². The van der Waals surface area contributed by atoms with E-state index in [1.807, 2.05) is 36.4 Å². The van der Waals surface area contributed by atoms with Crippen molar-refractivity contribution in [2.75, 3.05) is 43.4 Å². The molecule has 3 heterocycles. The number of fused-ring (bicyclic) bond motifs is 1. The largest absolute Gasteiger partial charge is 0.488 e. The fourth-order valence-electron chi connectivity index (χ4n) is 6.04. The number of rotatable bonds is 9. The number of anilines is 3. The normalized spacial score (nSPS) is 15.7. The predicted molar refractivity (Wildman–Crippen MR) is 187 cm³/mol. The first-order valence-electron chi connectivity index (χ1n) is 15.7. The third kappa shape index (κ3) is 7.74. The van der Waals surface area contributed by atoms with Crippen molar-refractivity contribution in [3.05, 3.63) is 93.6 Å². The van der Waals surface area contributed by atoms with Crippen LogP contribution in [0.3, 0.4) is 0 Å². The van der Waals surface area contributed by atoms with Gasteiger partial charge in [-0.1, -0.05) is 47.0 Å². The number of primary amides is 1. The van der Waals surface area contributed by atoms with E-state index in [1.165, 1.54) is 6.08 Å². The van der Waals surface area contributed by atoms with Crippen LogP contribution in [0.25, 0.3) is 10.9 Å². The van der Waals surface area contributed by atoms with Crippen LogP contribution in [-0.4, -0.2) is 55.1 Å². The minimum absolute atomic E-state index is 0.0919. The molecule has 0 radical (unpaired) electrons. The van der Waals surface area contributed by atoms with E-state index >= 15 is 0 Å². The van der Waals surface area contributed by atoms with Gasteiger partial charge in [0.05, 0.1) is 27.5 Å². The highest BCUT2D eigenvalue weighted by molar-refractivity contribution is 6.32. The molecule has 0 saturated carbocycles. The summed E-state index contributed by atoms with van der Waals surface area (Å²) in [6, 6.07) is 19.2. The molecule has 0 bridgehead atoms. The number of piperidine rings is 2. The number of aromatic nitrogens is 1. The third-order valence-electron chi connectivity index (χ3n) is 8.66. The van der Waals surface area contributed by atoms with E-state index in [2.05, 4.69) is 39.3 Å². The molecular formula is C36H36Cl2N6O3. The lowest BCUT2D eigenvalue weighted by Crippen LogP contribution is -2.36. The number of pyridine rings is 1. The molecular weight excluding hydrogens is 635 g/mol. The third-order valence-corrected chi connectivity index (χ3v) is 9.33. The van der Waals surface area contributed by atoms with Gasteiger partial charge in [-0.05, 0) is 63.1 Å². The maximum atomic E-state index is 11.5. The van der Waals surface area contributed by atoms with Crippen LogP contribution in [0.2, 0.25) is 10.0 Å². The van der Waals surface area contributed by atoms with Gasteiger partial charge in [-0.25, -0.2) is 0 Å². The summed E-state index contributed by atoms with van der Waals surface area (Å²) in [4.78, 5) is 20.7. The number of carbonyl (C=O) groups is 1. The van der Waals surface area contributed by atoms with E-state index in [0.29, 0.717) is 51.3 Å². The number of amides is 1. The van der Waals surface area contributed by atoms with Crippen LogP contribution in [0.5, 0.6) is 11.5 Å². The van der Waals surface area contributed by atoms with Crippen molar-refractivity contribution < 1.29 is 14.3 Å².